The van der Waals surface area contributed by atoms with Crippen LogP contribution in [0.3, 0.4) is 0 Å². The van der Waals surface area contributed by atoms with Gasteiger partial charge in [-0.15, -0.1) is 0 Å². The maximum absolute atomic E-state index is 10.3. The van der Waals surface area contributed by atoms with E-state index in [1.807, 2.05) is 6.92 Å². The zero-order valence-corrected chi connectivity index (χ0v) is 8.03. The van der Waals surface area contributed by atoms with Crippen molar-refractivity contribution in [1.82, 2.24) is 0 Å². The second-order valence-corrected chi connectivity index (χ2v) is 2.17. The molecule has 0 aliphatic carbocycles. The summed E-state index contributed by atoms with van der Waals surface area (Å²) in [6, 6.07) is 0. The first-order chi connectivity index (χ1) is 6.22. The highest BCUT2D eigenvalue weighted by Gasteiger charge is 1.91. The number of ether oxygens (including phenoxy) is 1. The van der Waals surface area contributed by atoms with Gasteiger partial charge in [0.25, 0.3) is 0 Å². The molecule has 0 saturated carbocycles. The van der Waals surface area contributed by atoms with Crippen LogP contribution in [0.4, 0.5) is 0 Å². The highest BCUT2D eigenvalue weighted by molar-refractivity contribution is 5.81. The van der Waals surface area contributed by atoms with Gasteiger partial charge in [0.05, 0.1) is 19.8 Å². The molecule has 0 aromatic carbocycles. The molecule has 0 saturated heterocycles. The molecule has 4 heteroatoms. The van der Waals surface area contributed by atoms with E-state index in [1.54, 1.807) is 0 Å². The summed E-state index contributed by atoms with van der Waals surface area (Å²) in [5, 5.41) is 15.2. The minimum absolute atomic E-state index is 0.125. The molecule has 0 aliphatic rings. The molecule has 0 aliphatic heterocycles. The van der Waals surface area contributed by atoms with E-state index in [1.165, 1.54) is 6.08 Å². The largest absolute Gasteiger partial charge is 0.463 e. The summed E-state index contributed by atoms with van der Waals surface area (Å²) < 4.78 is 4.67. The van der Waals surface area contributed by atoms with Crippen LogP contribution in [0.25, 0.3) is 0 Å². The Morgan fingerprint density at radius 1 is 1.46 bits per heavy atom. The minimum atomic E-state index is -0.330. The molecule has 0 amide bonds. The van der Waals surface area contributed by atoms with Crippen molar-refractivity contribution in [2.75, 3.05) is 19.8 Å². The van der Waals surface area contributed by atoms with Crippen LogP contribution >= 0.6 is 0 Å². The van der Waals surface area contributed by atoms with Gasteiger partial charge >= 0.3 is 5.97 Å². The Labute approximate surface area is 78.8 Å². The molecule has 4 nitrogen and oxygen atoms in total. The summed E-state index contributed by atoms with van der Waals surface area (Å²) >= 11 is 0. The fourth-order valence-electron chi connectivity index (χ4n) is 0.376. The van der Waals surface area contributed by atoms with Crippen LogP contribution in [0.1, 0.15) is 19.8 Å². The van der Waals surface area contributed by atoms with Gasteiger partial charge in [-0.25, -0.2) is 4.79 Å². The van der Waals surface area contributed by atoms with Gasteiger partial charge in [-0.1, -0.05) is 19.9 Å². The van der Waals surface area contributed by atoms with Gasteiger partial charge in [0.2, 0.25) is 0 Å². The molecule has 0 atom stereocenters. The number of unbranched alkanes of at least 4 members (excludes halogenated alkanes) is 1. The summed E-state index contributed by atoms with van der Waals surface area (Å²) in [6.07, 6.45) is 3.15. The first-order valence-corrected chi connectivity index (χ1v) is 4.23. The smallest absolute Gasteiger partial charge is 0.330 e. The Morgan fingerprint density at radius 3 is 2.31 bits per heavy atom. The Morgan fingerprint density at radius 2 is 2.00 bits per heavy atom. The van der Waals surface area contributed by atoms with Gasteiger partial charge in [0, 0.05) is 6.08 Å². The fraction of sp³-hybridized carbons (Fsp3) is 0.667. The summed E-state index contributed by atoms with van der Waals surface area (Å²) in [7, 11) is 0. The molecule has 0 rings (SSSR count). The van der Waals surface area contributed by atoms with Crippen molar-refractivity contribution in [3.8, 4) is 0 Å². The van der Waals surface area contributed by atoms with Crippen molar-refractivity contribution in [3.63, 3.8) is 0 Å². The number of hydrogen-bond donors (Lipinski definition) is 2. The first-order valence-electron chi connectivity index (χ1n) is 4.23. The van der Waals surface area contributed by atoms with E-state index in [9.17, 15) is 4.79 Å². The molecule has 0 aromatic heterocycles. The highest BCUT2D eigenvalue weighted by Crippen LogP contribution is 1.88. The van der Waals surface area contributed by atoms with E-state index in [4.69, 9.17) is 10.2 Å². The quantitative estimate of drug-likeness (QED) is 0.376. The third-order valence-electron chi connectivity index (χ3n) is 1.01. The van der Waals surface area contributed by atoms with Crippen molar-refractivity contribution in [3.05, 3.63) is 12.7 Å². The third-order valence-corrected chi connectivity index (χ3v) is 1.01. The Balaban J connectivity index is 0. The second-order valence-electron chi connectivity index (χ2n) is 2.17. The second kappa shape index (κ2) is 13.7. The van der Waals surface area contributed by atoms with E-state index in [0.29, 0.717) is 6.61 Å². The van der Waals surface area contributed by atoms with Crippen LogP contribution in [0.2, 0.25) is 0 Å². The predicted octanol–water partition coefficient (Wildman–Crippen LogP) is 0.487. The molecule has 0 aromatic rings. The zero-order chi connectivity index (χ0) is 10.5. The van der Waals surface area contributed by atoms with Gasteiger partial charge in [0.1, 0.15) is 0 Å². The van der Waals surface area contributed by atoms with E-state index in [2.05, 4.69) is 11.3 Å². The normalized spacial score (nSPS) is 8.23. The van der Waals surface area contributed by atoms with Crippen LogP contribution in [-0.2, 0) is 9.53 Å². The number of aliphatic hydroxyl groups excluding tert-OH is 2. The van der Waals surface area contributed by atoms with Gasteiger partial charge in [-0.05, 0) is 6.42 Å². The van der Waals surface area contributed by atoms with E-state index < -0.39 is 0 Å². The standard InChI is InChI=1S/C7H12O2.C2H6O2/c1-3-5-6-9-7(8)4-2;3-1-2-4/h4H,2-3,5-6H2,1H3;3-4H,1-2H2. The van der Waals surface area contributed by atoms with Gasteiger partial charge in [0.15, 0.2) is 0 Å². The summed E-state index contributed by atoms with van der Waals surface area (Å²) in [5.74, 6) is -0.330. The van der Waals surface area contributed by atoms with Crippen molar-refractivity contribution in [2.24, 2.45) is 0 Å². The number of esters is 1. The number of rotatable bonds is 5. The average molecular weight is 190 g/mol. The third kappa shape index (κ3) is 18.2. The van der Waals surface area contributed by atoms with Crippen molar-refractivity contribution < 1.29 is 19.7 Å². The van der Waals surface area contributed by atoms with E-state index >= 15 is 0 Å². The SMILES string of the molecule is C=CC(=O)OCCCC.OCCO. The van der Waals surface area contributed by atoms with Crippen LogP contribution in [0, 0.1) is 0 Å². The molecule has 0 heterocycles. The average Bonchev–Trinajstić information content (AvgIpc) is 2.18. The lowest BCUT2D eigenvalue weighted by Gasteiger charge is -1.97. The molecule has 78 valence electrons. The van der Waals surface area contributed by atoms with E-state index in [-0.39, 0.29) is 19.2 Å². The van der Waals surface area contributed by atoms with Crippen molar-refractivity contribution in [2.45, 2.75) is 19.8 Å². The summed E-state index contributed by atoms with van der Waals surface area (Å²) in [5.41, 5.74) is 0. The minimum Gasteiger partial charge on any atom is -0.463 e. The lowest BCUT2D eigenvalue weighted by Crippen LogP contribution is -2.00. The van der Waals surface area contributed by atoms with Crippen LogP contribution in [-0.4, -0.2) is 36.0 Å². The topological polar surface area (TPSA) is 66.8 Å². The Kier molecular flexibility index (Phi) is 15.4. The van der Waals surface area contributed by atoms with Gasteiger partial charge in [-0.3, -0.25) is 0 Å². The Bertz CT molecular complexity index is 121. The summed E-state index contributed by atoms with van der Waals surface area (Å²) in [4.78, 5) is 10.3. The van der Waals surface area contributed by atoms with Crippen LogP contribution < -0.4 is 0 Å². The van der Waals surface area contributed by atoms with Crippen molar-refractivity contribution >= 4 is 5.97 Å². The molecule has 0 bridgehead atoms. The van der Waals surface area contributed by atoms with Crippen molar-refractivity contribution in [1.29, 1.82) is 0 Å². The molecular formula is C9H18O4. The monoisotopic (exact) mass is 190 g/mol. The maximum Gasteiger partial charge on any atom is 0.330 e. The van der Waals surface area contributed by atoms with E-state index in [0.717, 1.165) is 12.8 Å². The fourth-order valence-corrected chi connectivity index (χ4v) is 0.376. The molecule has 0 radical (unpaired) electrons. The molecule has 0 unspecified atom stereocenters. The molecule has 0 spiro atoms. The molecule has 2 N–H and O–H groups in total. The van der Waals surface area contributed by atoms with Gasteiger partial charge in [-0.2, -0.15) is 0 Å². The number of carbonyl (C=O) groups excluding carboxylic acids is 1. The summed E-state index contributed by atoms with van der Waals surface area (Å²) in [6.45, 7) is 5.57. The number of carbonyl (C=O) groups is 1. The zero-order valence-electron chi connectivity index (χ0n) is 8.03. The lowest BCUT2D eigenvalue weighted by molar-refractivity contribution is -0.137. The molecule has 0 fully saturated rings. The van der Waals surface area contributed by atoms with Crippen LogP contribution in [0.15, 0.2) is 12.7 Å². The maximum atomic E-state index is 10.3. The highest BCUT2D eigenvalue weighted by atomic mass is 16.5. The number of aliphatic hydroxyl groups is 2. The first kappa shape index (κ1) is 14.6. The molecule has 13 heavy (non-hydrogen) atoms. The predicted molar refractivity (Wildman–Crippen MR) is 50.2 cm³/mol. The number of hydrogen-bond acceptors (Lipinski definition) is 4. The lowest BCUT2D eigenvalue weighted by atomic mass is 10.4. The Hall–Kier alpha value is -0.870. The van der Waals surface area contributed by atoms with Crippen LogP contribution in [0.5, 0.6) is 0 Å². The van der Waals surface area contributed by atoms with Gasteiger partial charge < -0.3 is 14.9 Å². The molecular weight excluding hydrogens is 172 g/mol.